The van der Waals surface area contributed by atoms with E-state index in [1.165, 1.54) is 12.1 Å². The second-order valence-corrected chi connectivity index (χ2v) is 6.75. The number of fused-ring (bicyclic) bond motifs is 1. The maximum absolute atomic E-state index is 13.4. The Labute approximate surface area is 156 Å². The standard InChI is InChI=1S/C21H20FN3O2/c22-16-3-1-2-15(12-16)21-23-18-10-11-25(13-19(18)24-21)20(27)9-6-14-4-7-17(26)8-5-14/h1-5,7-8,12,26H,6,9-11,13H2,(H,23,24). The van der Waals surface area contributed by atoms with Gasteiger partial charge >= 0.3 is 0 Å². The van der Waals surface area contributed by atoms with Crippen LogP contribution in [-0.4, -0.2) is 32.4 Å². The first-order valence-corrected chi connectivity index (χ1v) is 8.98. The van der Waals surface area contributed by atoms with Crippen molar-refractivity contribution in [2.24, 2.45) is 0 Å². The third-order valence-corrected chi connectivity index (χ3v) is 4.85. The first-order chi connectivity index (χ1) is 13.1. The van der Waals surface area contributed by atoms with E-state index in [1.54, 1.807) is 18.2 Å². The number of carbonyl (C=O) groups is 1. The van der Waals surface area contributed by atoms with Gasteiger partial charge in [-0.05, 0) is 36.2 Å². The van der Waals surface area contributed by atoms with Crippen molar-refractivity contribution < 1.29 is 14.3 Å². The number of hydrogen-bond acceptors (Lipinski definition) is 3. The fourth-order valence-electron chi connectivity index (χ4n) is 3.35. The number of nitrogens with zero attached hydrogens (tertiary/aromatic N) is 2. The molecule has 2 aromatic carbocycles. The van der Waals surface area contributed by atoms with Crippen LogP contribution >= 0.6 is 0 Å². The zero-order valence-corrected chi connectivity index (χ0v) is 14.8. The number of carbonyl (C=O) groups excluding carboxylic acids is 1. The number of rotatable bonds is 4. The number of aromatic hydroxyl groups is 1. The molecule has 0 aliphatic carbocycles. The molecular formula is C21H20FN3O2. The molecule has 2 heterocycles. The van der Waals surface area contributed by atoms with E-state index in [4.69, 9.17) is 0 Å². The van der Waals surface area contributed by atoms with Crippen LogP contribution in [0.25, 0.3) is 11.4 Å². The lowest BCUT2D eigenvalue weighted by Gasteiger charge is -2.26. The molecule has 0 fully saturated rings. The second-order valence-electron chi connectivity index (χ2n) is 6.75. The Bertz CT molecular complexity index is 966. The molecule has 138 valence electrons. The number of amides is 1. The number of phenolic OH excluding ortho intramolecular Hbond substituents is 1. The topological polar surface area (TPSA) is 69.2 Å². The maximum Gasteiger partial charge on any atom is 0.223 e. The molecule has 0 saturated heterocycles. The molecule has 0 unspecified atom stereocenters. The summed E-state index contributed by atoms with van der Waals surface area (Å²) in [6.45, 7) is 1.13. The SMILES string of the molecule is O=C(CCc1ccc(O)cc1)N1CCc2nc(-c3cccc(F)c3)[nH]c2C1. The van der Waals surface area contributed by atoms with Gasteiger partial charge in [-0.15, -0.1) is 0 Å². The van der Waals surface area contributed by atoms with Crippen LogP contribution in [0.1, 0.15) is 23.4 Å². The lowest BCUT2D eigenvalue weighted by molar-refractivity contribution is -0.132. The highest BCUT2D eigenvalue weighted by Gasteiger charge is 2.23. The van der Waals surface area contributed by atoms with Gasteiger partial charge in [0.05, 0.1) is 17.9 Å². The number of aromatic nitrogens is 2. The lowest BCUT2D eigenvalue weighted by atomic mass is 10.1. The van der Waals surface area contributed by atoms with Gasteiger partial charge < -0.3 is 15.0 Å². The molecule has 27 heavy (non-hydrogen) atoms. The van der Waals surface area contributed by atoms with Crippen LogP contribution in [0.2, 0.25) is 0 Å². The minimum atomic E-state index is -0.298. The fraction of sp³-hybridized carbons (Fsp3) is 0.238. The van der Waals surface area contributed by atoms with E-state index in [2.05, 4.69) is 9.97 Å². The Kier molecular flexibility index (Phi) is 4.62. The average molecular weight is 365 g/mol. The molecular weight excluding hydrogens is 345 g/mol. The molecule has 0 spiro atoms. The van der Waals surface area contributed by atoms with Gasteiger partial charge in [-0.1, -0.05) is 24.3 Å². The monoisotopic (exact) mass is 365 g/mol. The van der Waals surface area contributed by atoms with Crippen molar-refractivity contribution in [3.05, 3.63) is 71.3 Å². The normalized spacial score (nSPS) is 13.4. The van der Waals surface area contributed by atoms with Gasteiger partial charge in [0.25, 0.3) is 0 Å². The Balaban J connectivity index is 1.42. The number of hydrogen-bond donors (Lipinski definition) is 2. The van der Waals surface area contributed by atoms with Crippen LogP contribution in [-0.2, 0) is 24.2 Å². The smallest absolute Gasteiger partial charge is 0.223 e. The molecule has 4 rings (SSSR count). The van der Waals surface area contributed by atoms with Gasteiger partial charge in [0.1, 0.15) is 17.4 Å². The van der Waals surface area contributed by atoms with Gasteiger partial charge in [0.2, 0.25) is 5.91 Å². The van der Waals surface area contributed by atoms with E-state index in [0.717, 1.165) is 17.0 Å². The summed E-state index contributed by atoms with van der Waals surface area (Å²) in [5, 5.41) is 9.33. The van der Waals surface area contributed by atoms with Crippen LogP contribution in [0.5, 0.6) is 5.75 Å². The largest absolute Gasteiger partial charge is 0.508 e. The average Bonchev–Trinajstić information content (AvgIpc) is 3.11. The summed E-state index contributed by atoms with van der Waals surface area (Å²) in [7, 11) is 0. The van der Waals surface area contributed by atoms with Crippen molar-refractivity contribution in [1.82, 2.24) is 14.9 Å². The molecule has 0 atom stereocenters. The summed E-state index contributed by atoms with van der Waals surface area (Å²) in [6, 6.07) is 13.2. The zero-order chi connectivity index (χ0) is 18.8. The first kappa shape index (κ1) is 17.3. The zero-order valence-electron chi connectivity index (χ0n) is 14.8. The van der Waals surface area contributed by atoms with E-state index in [9.17, 15) is 14.3 Å². The molecule has 0 bridgehead atoms. The number of aromatic amines is 1. The summed E-state index contributed by atoms with van der Waals surface area (Å²) in [5.41, 5.74) is 3.58. The number of H-pyrrole nitrogens is 1. The Morgan fingerprint density at radius 2 is 2.04 bits per heavy atom. The van der Waals surface area contributed by atoms with Crippen molar-refractivity contribution >= 4 is 5.91 Å². The van der Waals surface area contributed by atoms with E-state index in [0.29, 0.717) is 43.7 Å². The molecule has 0 saturated carbocycles. The number of aryl methyl sites for hydroxylation is 1. The van der Waals surface area contributed by atoms with Crippen LogP contribution in [0.4, 0.5) is 4.39 Å². The number of phenols is 1. The van der Waals surface area contributed by atoms with E-state index >= 15 is 0 Å². The fourth-order valence-corrected chi connectivity index (χ4v) is 3.35. The molecule has 1 amide bonds. The van der Waals surface area contributed by atoms with Crippen LogP contribution in [0.3, 0.4) is 0 Å². The molecule has 1 aliphatic rings. The minimum absolute atomic E-state index is 0.0932. The molecule has 1 aromatic heterocycles. The summed E-state index contributed by atoms with van der Waals surface area (Å²) in [6.07, 6.45) is 1.75. The molecule has 3 aromatic rings. The van der Waals surface area contributed by atoms with Gasteiger partial charge in [-0.25, -0.2) is 9.37 Å². The third-order valence-electron chi connectivity index (χ3n) is 4.85. The first-order valence-electron chi connectivity index (χ1n) is 8.98. The van der Waals surface area contributed by atoms with Gasteiger partial charge in [-0.3, -0.25) is 4.79 Å². The highest BCUT2D eigenvalue weighted by Crippen LogP contribution is 2.24. The van der Waals surface area contributed by atoms with E-state index in [-0.39, 0.29) is 17.5 Å². The van der Waals surface area contributed by atoms with Crippen LogP contribution in [0, 0.1) is 5.82 Å². The molecule has 1 aliphatic heterocycles. The summed E-state index contributed by atoms with van der Waals surface area (Å²) in [5.74, 6) is 0.656. The van der Waals surface area contributed by atoms with Gasteiger partial charge in [0.15, 0.2) is 0 Å². The van der Waals surface area contributed by atoms with Crippen molar-refractivity contribution in [3.8, 4) is 17.1 Å². The summed E-state index contributed by atoms with van der Waals surface area (Å²) >= 11 is 0. The Hall–Kier alpha value is -3.15. The van der Waals surface area contributed by atoms with Crippen LogP contribution in [0.15, 0.2) is 48.5 Å². The number of nitrogens with one attached hydrogen (secondary N) is 1. The van der Waals surface area contributed by atoms with E-state index < -0.39 is 0 Å². The third kappa shape index (κ3) is 3.84. The van der Waals surface area contributed by atoms with Gasteiger partial charge in [-0.2, -0.15) is 0 Å². The van der Waals surface area contributed by atoms with Gasteiger partial charge in [0, 0.05) is 24.9 Å². The highest BCUT2D eigenvalue weighted by atomic mass is 19.1. The van der Waals surface area contributed by atoms with Crippen molar-refractivity contribution in [3.63, 3.8) is 0 Å². The second kappa shape index (κ2) is 7.23. The van der Waals surface area contributed by atoms with Crippen molar-refractivity contribution in [1.29, 1.82) is 0 Å². The summed E-state index contributed by atoms with van der Waals surface area (Å²) in [4.78, 5) is 22.2. The lowest BCUT2D eigenvalue weighted by Crippen LogP contribution is -2.36. The van der Waals surface area contributed by atoms with Crippen molar-refractivity contribution in [2.75, 3.05) is 6.54 Å². The predicted molar refractivity (Wildman–Crippen MR) is 99.5 cm³/mol. The number of imidazole rings is 1. The molecule has 6 heteroatoms. The Morgan fingerprint density at radius 3 is 2.81 bits per heavy atom. The molecule has 2 N–H and O–H groups in total. The van der Waals surface area contributed by atoms with Crippen LogP contribution < -0.4 is 0 Å². The van der Waals surface area contributed by atoms with Crippen molar-refractivity contribution in [2.45, 2.75) is 25.8 Å². The predicted octanol–water partition coefficient (Wildman–Crippen LogP) is 3.44. The van der Waals surface area contributed by atoms with E-state index in [1.807, 2.05) is 23.1 Å². The molecule has 5 nitrogen and oxygen atoms in total. The number of halogens is 1. The summed E-state index contributed by atoms with van der Waals surface area (Å²) < 4.78 is 13.4. The quantitative estimate of drug-likeness (QED) is 0.744. The molecule has 0 radical (unpaired) electrons. The maximum atomic E-state index is 13.4. The Morgan fingerprint density at radius 1 is 1.22 bits per heavy atom. The minimum Gasteiger partial charge on any atom is -0.508 e. The highest BCUT2D eigenvalue weighted by molar-refractivity contribution is 5.76. The number of benzene rings is 2.